The molecule has 0 unspecified atom stereocenters. The summed E-state index contributed by atoms with van der Waals surface area (Å²) in [6.45, 7) is 3.94. The van der Waals surface area contributed by atoms with Crippen molar-refractivity contribution in [3.8, 4) is 0 Å². The van der Waals surface area contributed by atoms with Gasteiger partial charge in [-0.2, -0.15) is 0 Å². The minimum Gasteiger partial charge on any atom is -0.361 e. The number of fused-ring (bicyclic) bond motifs is 1. The van der Waals surface area contributed by atoms with E-state index in [1.54, 1.807) is 0 Å². The molecule has 3 aromatic rings. The average Bonchev–Trinajstić information content (AvgIpc) is 3.03. The van der Waals surface area contributed by atoms with Crippen molar-refractivity contribution >= 4 is 22.8 Å². The Kier molecular flexibility index (Phi) is 4.95. The van der Waals surface area contributed by atoms with Gasteiger partial charge in [-0.3, -0.25) is 4.79 Å². The summed E-state index contributed by atoms with van der Waals surface area (Å²) >= 11 is 0. The van der Waals surface area contributed by atoms with E-state index in [4.69, 9.17) is 0 Å². The molecule has 0 amide bonds. The van der Waals surface area contributed by atoms with Crippen LogP contribution in [0.1, 0.15) is 37.3 Å². The van der Waals surface area contributed by atoms with E-state index in [2.05, 4.69) is 41.4 Å². The number of carbonyl (C=O) groups excluding carboxylic acids is 1. The molecule has 24 heavy (non-hydrogen) atoms. The first-order valence-electron chi connectivity index (χ1n) is 8.47. The van der Waals surface area contributed by atoms with E-state index < -0.39 is 0 Å². The number of aromatic amines is 1. The summed E-state index contributed by atoms with van der Waals surface area (Å²) in [6.07, 6.45) is 6.84. The van der Waals surface area contributed by atoms with Crippen LogP contribution in [0.15, 0.2) is 66.9 Å². The molecule has 1 atom stereocenters. The lowest BCUT2D eigenvalue weighted by molar-refractivity contribution is -0.122. The third-order valence-electron chi connectivity index (χ3n) is 4.41. The summed E-state index contributed by atoms with van der Waals surface area (Å²) < 4.78 is 0. The molecule has 1 heterocycles. The smallest absolute Gasteiger partial charge is 0.136 e. The zero-order valence-electron chi connectivity index (χ0n) is 14.2. The number of carbonyl (C=O) groups is 1. The predicted molar refractivity (Wildman–Crippen MR) is 101 cm³/mol. The maximum Gasteiger partial charge on any atom is 0.136 e. The van der Waals surface area contributed by atoms with E-state index in [1.807, 2.05) is 50.4 Å². The van der Waals surface area contributed by atoms with Crippen molar-refractivity contribution in [1.29, 1.82) is 0 Å². The number of allylic oxidation sites excluding steroid dienone is 1. The van der Waals surface area contributed by atoms with E-state index in [9.17, 15) is 4.79 Å². The summed E-state index contributed by atoms with van der Waals surface area (Å²) in [5.74, 6) is 0.432. The molecule has 2 nitrogen and oxygen atoms in total. The highest BCUT2D eigenvalue weighted by Crippen LogP contribution is 2.30. The summed E-state index contributed by atoms with van der Waals surface area (Å²) in [6, 6.07) is 18.5. The number of ketones is 1. The van der Waals surface area contributed by atoms with Crippen LogP contribution in [0.25, 0.3) is 17.0 Å². The molecule has 0 fully saturated rings. The molecule has 1 N–H and O–H groups in total. The molecule has 0 aliphatic rings. The van der Waals surface area contributed by atoms with Gasteiger partial charge in [-0.05, 0) is 17.2 Å². The maximum absolute atomic E-state index is 12.4. The summed E-state index contributed by atoms with van der Waals surface area (Å²) in [7, 11) is 0. The summed E-state index contributed by atoms with van der Waals surface area (Å²) in [5.41, 5.74) is 3.45. The lowest BCUT2D eigenvalue weighted by atomic mass is 9.89. The monoisotopic (exact) mass is 317 g/mol. The molecule has 0 aliphatic carbocycles. The van der Waals surface area contributed by atoms with Crippen molar-refractivity contribution in [2.75, 3.05) is 0 Å². The lowest BCUT2D eigenvalue weighted by Gasteiger charge is -2.13. The van der Waals surface area contributed by atoms with Crippen molar-refractivity contribution < 1.29 is 4.79 Å². The molecule has 0 saturated heterocycles. The van der Waals surface area contributed by atoms with Crippen molar-refractivity contribution in [3.05, 3.63) is 78.0 Å². The molecule has 2 aromatic carbocycles. The van der Waals surface area contributed by atoms with Crippen LogP contribution < -0.4 is 0 Å². The second kappa shape index (κ2) is 7.31. The normalized spacial score (nSPS) is 13.0. The number of H-pyrrole nitrogens is 1. The third kappa shape index (κ3) is 3.65. The Morgan fingerprint density at radius 2 is 1.75 bits per heavy atom. The lowest BCUT2D eigenvalue weighted by Crippen LogP contribution is -2.11. The second-order valence-corrected chi connectivity index (χ2v) is 6.49. The van der Waals surface area contributed by atoms with E-state index in [-0.39, 0.29) is 11.8 Å². The van der Waals surface area contributed by atoms with Gasteiger partial charge >= 0.3 is 0 Å². The Bertz CT molecular complexity index is 843. The Hall–Kier alpha value is -2.61. The van der Waals surface area contributed by atoms with Crippen LogP contribution in [0, 0.1) is 5.92 Å². The van der Waals surface area contributed by atoms with Crippen LogP contribution in [-0.4, -0.2) is 10.8 Å². The number of nitrogens with one attached hydrogen (secondary N) is 1. The molecule has 0 bridgehead atoms. The fourth-order valence-electron chi connectivity index (χ4n) is 2.93. The topological polar surface area (TPSA) is 32.9 Å². The largest absolute Gasteiger partial charge is 0.361 e. The number of rotatable bonds is 6. The highest BCUT2D eigenvalue weighted by molar-refractivity contribution is 5.86. The number of aromatic nitrogens is 1. The number of hydrogen-bond donors (Lipinski definition) is 1. The quantitative estimate of drug-likeness (QED) is 0.632. The average molecular weight is 317 g/mol. The van der Waals surface area contributed by atoms with Crippen LogP contribution in [0.5, 0.6) is 0 Å². The highest BCUT2D eigenvalue weighted by Gasteiger charge is 2.18. The molecule has 122 valence electrons. The van der Waals surface area contributed by atoms with Crippen molar-refractivity contribution in [2.45, 2.75) is 26.2 Å². The molecule has 2 heteroatoms. The number of para-hydroxylation sites is 1. The fourth-order valence-corrected chi connectivity index (χ4v) is 2.93. The van der Waals surface area contributed by atoms with E-state index >= 15 is 0 Å². The first kappa shape index (κ1) is 16.3. The van der Waals surface area contributed by atoms with Crippen molar-refractivity contribution in [1.82, 2.24) is 4.98 Å². The van der Waals surface area contributed by atoms with Gasteiger partial charge in [0.05, 0.1) is 0 Å². The molecule has 0 aliphatic heterocycles. The van der Waals surface area contributed by atoms with Crippen LogP contribution in [0.2, 0.25) is 0 Å². The molecule has 0 spiro atoms. The SMILES string of the molecule is CC(C)C(=O)C[C@@H](/C=C/c1ccccc1)c1c[nH]c2ccccc12. The molecule has 0 saturated carbocycles. The van der Waals surface area contributed by atoms with Gasteiger partial charge in [-0.15, -0.1) is 0 Å². The minimum absolute atomic E-state index is 0.0582. The van der Waals surface area contributed by atoms with Crippen LogP contribution in [-0.2, 0) is 4.79 Å². The standard InChI is InChI=1S/C22H23NO/c1-16(2)22(24)14-18(13-12-17-8-4-3-5-9-17)20-15-23-21-11-7-6-10-19(20)21/h3-13,15-16,18,23H,14H2,1-2H3/b13-12+/t18-/m1/s1. The molecular weight excluding hydrogens is 294 g/mol. The molecule has 0 radical (unpaired) electrons. The Labute approximate surface area is 143 Å². The number of hydrogen-bond acceptors (Lipinski definition) is 1. The van der Waals surface area contributed by atoms with E-state index in [0.717, 1.165) is 11.1 Å². The molecule has 3 rings (SSSR count). The van der Waals surface area contributed by atoms with Crippen molar-refractivity contribution in [2.24, 2.45) is 5.92 Å². The molecule has 1 aromatic heterocycles. The number of Topliss-reactive ketones (excluding diaryl/α,β-unsaturated/α-hetero) is 1. The predicted octanol–water partition coefficient (Wildman–Crippen LogP) is 5.58. The minimum atomic E-state index is 0.0582. The van der Waals surface area contributed by atoms with Crippen LogP contribution in [0.4, 0.5) is 0 Å². The maximum atomic E-state index is 12.4. The first-order valence-corrected chi connectivity index (χ1v) is 8.47. The van der Waals surface area contributed by atoms with Gasteiger partial charge in [0.25, 0.3) is 0 Å². The number of benzene rings is 2. The van der Waals surface area contributed by atoms with Gasteiger partial charge in [-0.25, -0.2) is 0 Å². The van der Waals surface area contributed by atoms with E-state index in [1.165, 1.54) is 10.9 Å². The van der Waals surface area contributed by atoms with Gasteiger partial charge in [0.2, 0.25) is 0 Å². The molecular formula is C22H23NO. The zero-order chi connectivity index (χ0) is 16.9. The Balaban J connectivity index is 1.95. The highest BCUT2D eigenvalue weighted by atomic mass is 16.1. The van der Waals surface area contributed by atoms with Gasteiger partial charge in [0.1, 0.15) is 5.78 Å². The summed E-state index contributed by atoms with van der Waals surface area (Å²) in [5, 5.41) is 1.19. The fraction of sp³-hybridized carbons (Fsp3) is 0.227. The van der Waals surface area contributed by atoms with Gasteiger partial charge < -0.3 is 4.98 Å². The Morgan fingerprint density at radius 1 is 1.04 bits per heavy atom. The van der Waals surface area contributed by atoms with Crippen LogP contribution in [0.3, 0.4) is 0 Å². The summed E-state index contributed by atoms with van der Waals surface area (Å²) in [4.78, 5) is 15.7. The van der Waals surface area contributed by atoms with Gasteiger partial charge in [-0.1, -0.05) is 74.5 Å². The van der Waals surface area contributed by atoms with Crippen LogP contribution >= 0.6 is 0 Å². The van der Waals surface area contributed by atoms with Gasteiger partial charge in [0.15, 0.2) is 0 Å². The van der Waals surface area contributed by atoms with Crippen molar-refractivity contribution in [3.63, 3.8) is 0 Å². The third-order valence-corrected chi connectivity index (χ3v) is 4.41. The zero-order valence-corrected chi connectivity index (χ0v) is 14.2. The van der Waals surface area contributed by atoms with E-state index in [0.29, 0.717) is 12.2 Å². The Morgan fingerprint density at radius 3 is 2.50 bits per heavy atom. The second-order valence-electron chi connectivity index (χ2n) is 6.49. The van der Waals surface area contributed by atoms with Gasteiger partial charge in [0, 0.05) is 35.4 Å². The first-order chi connectivity index (χ1) is 11.6.